The van der Waals surface area contributed by atoms with Crippen LogP contribution in [-0.2, 0) is 0 Å². The molecule has 1 N–H and O–H groups in total. The monoisotopic (exact) mass is 265 g/mol. The normalized spacial score (nSPS) is 10.5. The molecule has 4 heteroatoms. The van der Waals surface area contributed by atoms with Crippen molar-refractivity contribution in [2.45, 2.75) is 13.3 Å². The van der Waals surface area contributed by atoms with Gasteiger partial charge in [-0.05, 0) is 24.6 Å². The van der Waals surface area contributed by atoms with E-state index < -0.39 is 0 Å². The van der Waals surface area contributed by atoms with Crippen LogP contribution >= 0.6 is 15.9 Å². The Kier molecular flexibility index (Phi) is 3.16. The fraction of sp³-hybridized carbons (Fsp3) is 0.273. The minimum Gasteiger partial charge on any atom is -0.369 e. The summed E-state index contributed by atoms with van der Waals surface area (Å²) in [6.07, 6.45) is 2.67. The van der Waals surface area contributed by atoms with Crippen LogP contribution in [-0.4, -0.2) is 16.5 Å². The average Bonchev–Trinajstić information content (AvgIpc) is 2.26. The van der Waals surface area contributed by atoms with Gasteiger partial charge in [0.25, 0.3) is 0 Å². The molecule has 78 valence electrons. The Labute approximate surface area is 97.1 Å². The lowest BCUT2D eigenvalue weighted by molar-refractivity contribution is 0.969. The maximum absolute atomic E-state index is 4.24. The maximum Gasteiger partial charge on any atom is 0.137 e. The summed E-state index contributed by atoms with van der Waals surface area (Å²) >= 11 is 3.45. The third-order valence-electron chi connectivity index (χ3n) is 2.14. The van der Waals surface area contributed by atoms with Gasteiger partial charge in [0.15, 0.2) is 0 Å². The summed E-state index contributed by atoms with van der Waals surface area (Å²) in [6, 6.07) is 6.00. The summed E-state index contributed by atoms with van der Waals surface area (Å²) in [7, 11) is 0. The molecular formula is C11H12BrN3. The van der Waals surface area contributed by atoms with Crippen molar-refractivity contribution in [1.82, 2.24) is 9.97 Å². The lowest BCUT2D eigenvalue weighted by Gasteiger charge is -2.06. The second-order valence-corrected chi connectivity index (χ2v) is 4.23. The Balaban J connectivity index is 2.48. The summed E-state index contributed by atoms with van der Waals surface area (Å²) in [5.41, 5.74) is 0.965. The molecular weight excluding hydrogens is 254 g/mol. The van der Waals surface area contributed by atoms with Crippen LogP contribution in [0.4, 0.5) is 5.82 Å². The van der Waals surface area contributed by atoms with Crippen LogP contribution in [0.1, 0.15) is 13.3 Å². The van der Waals surface area contributed by atoms with E-state index in [9.17, 15) is 0 Å². The summed E-state index contributed by atoms with van der Waals surface area (Å²) in [4.78, 5) is 8.46. The molecule has 0 bridgehead atoms. The largest absolute Gasteiger partial charge is 0.369 e. The molecule has 2 rings (SSSR count). The molecule has 15 heavy (non-hydrogen) atoms. The van der Waals surface area contributed by atoms with Gasteiger partial charge in [-0.15, -0.1) is 0 Å². The molecule has 0 aliphatic rings. The van der Waals surface area contributed by atoms with Crippen LogP contribution in [0.2, 0.25) is 0 Å². The van der Waals surface area contributed by atoms with E-state index in [1.165, 1.54) is 0 Å². The highest BCUT2D eigenvalue weighted by Crippen LogP contribution is 2.22. The van der Waals surface area contributed by atoms with Gasteiger partial charge in [-0.3, -0.25) is 0 Å². The Bertz CT molecular complexity index is 470. The topological polar surface area (TPSA) is 37.8 Å². The molecule has 0 spiro atoms. The third-order valence-corrected chi connectivity index (χ3v) is 2.63. The lowest BCUT2D eigenvalue weighted by atomic mass is 10.2. The standard InChI is InChI=1S/C11H12BrN3/c1-2-5-13-11-9-6-8(12)3-4-10(9)14-7-15-11/h3-4,6-7H,2,5H2,1H3,(H,13,14,15). The van der Waals surface area contributed by atoms with Gasteiger partial charge in [-0.25, -0.2) is 9.97 Å². The minimum absolute atomic E-state index is 0.906. The third kappa shape index (κ3) is 2.26. The molecule has 2 aromatic rings. The number of fused-ring (bicyclic) bond motifs is 1. The second-order valence-electron chi connectivity index (χ2n) is 3.31. The van der Waals surface area contributed by atoms with Gasteiger partial charge in [0.2, 0.25) is 0 Å². The van der Waals surface area contributed by atoms with Crippen molar-refractivity contribution in [1.29, 1.82) is 0 Å². The van der Waals surface area contributed by atoms with Gasteiger partial charge >= 0.3 is 0 Å². The van der Waals surface area contributed by atoms with Crippen LogP contribution in [0.3, 0.4) is 0 Å². The summed E-state index contributed by atoms with van der Waals surface area (Å²) in [5, 5.41) is 4.35. The fourth-order valence-corrected chi connectivity index (χ4v) is 1.77. The molecule has 0 saturated carbocycles. The number of anilines is 1. The van der Waals surface area contributed by atoms with E-state index >= 15 is 0 Å². The van der Waals surface area contributed by atoms with Crippen molar-refractivity contribution in [2.24, 2.45) is 0 Å². The van der Waals surface area contributed by atoms with E-state index in [4.69, 9.17) is 0 Å². The summed E-state index contributed by atoms with van der Waals surface area (Å²) < 4.78 is 1.05. The molecule has 0 saturated heterocycles. The highest BCUT2D eigenvalue weighted by Gasteiger charge is 2.02. The first kappa shape index (κ1) is 10.4. The molecule has 0 atom stereocenters. The van der Waals surface area contributed by atoms with E-state index in [-0.39, 0.29) is 0 Å². The molecule has 0 unspecified atom stereocenters. The van der Waals surface area contributed by atoms with Crippen molar-refractivity contribution in [3.8, 4) is 0 Å². The van der Waals surface area contributed by atoms with Crippen LogP contribution in [0.5, 0.6) is 0 Å². The Morgan fingerprint density at radius 1 is 1.33 bits per heavy atom. The first-order valence-corrected chi connectivity index (χ1v) is 5.74. The number of rotatable bonds is 3. The first-order valence-electron chi connectivity index (χ1n) is 4.95. The molecule has 0 radical (unpaired) electrons. The van der Waals surface area contributed by atoms with Gasteiger partial charge in [0, 0.05) is 16.4 Å². The van der Waals surface area contributed by atoms with Crippen molar-refractivity contribution >= 4 is 32.7 Å². The molecule has 1 aromatic heterocycles. The van der Waals surface area contributed by atoms with Crippen molar-refractivity contribution in [2.75, 3.05) is 11.9 Å². The number of nitrogens with zero attached hydrogens (tertiary/aromatic N) is 2. The number of halogens is 1. The van der Waals surface area contributed by atoms with Crippen LogP contribution < -0.4 is 5.32 Å². The Morgan fingerprint density at radius 3 is 3.00 bits per heavy atom. The molecule has 1 aromatic carbocycles. The van der Waals surface area contributed by atoms with E-state index in [2.05, 4.69) is 38.1 Å². The maximum atomic E-state index is 4.24. The Hall–Kier alpha value is -1.16. The van der Waals surface area contributed by atoms with E-state index in [0.29, 0.717) is 0 Å². The number of nitrogens with one attached hydrogen (secondary N) is 1. The second kappa shape index (κ2) is 4.57. The summed E-state index contributed by atoms with van der Waals surface area (Å²) in [6.45, 7) is 3.06. The lowest BCUT2D eigenvalue weighted by Crippen LogP contribution is -2.02. The van der Waals surface area contributed by atoms with Crippen molar-refractivity contribution in [3.63, 3.8) is 0 Å². The highest BCUT2D eigenvalue weighted by atomic mass is 79.9. The predicted molar refractivity (Wildman–Crippen MR) is 66.0 cm³/mol. The van der Waals surface area contributed by atoms with Gasteiger partial charge in [0.05, 0.1) is 5.52 Å². The quantitative estimate of drug-likeness (QED) is 0.926. The van der Waals surface area contributed by atoms with Gasteiger partial charge < -0.3 is 5.32 Å². The zero-order chi connectivity index (χ0) is 10.7. The van der Waals surface area contributed by atoms with Gasteiger partial charge in [-0.2, -0.15) is 0 Å². The summed E-state index contributed by atoms with van der Waals surface area (Å²) in [5.74, 6) is 0.906. The molecule has 0 fully saturated rings. The minimum atomic E-state index is 0.906. The number of hydrogen-bond donors (Lipinski definition) is 1. The van der Waals surface area contributed by atoms with E-state index in [0.717, 1.165) is 34.2 Å². The Morgan fingerprint density at radius 2 is 2.20 bits per heavy atom. The number of benzene rings is 1. The average molecular weight is 266 g/mol. The van der Waals surface area contributed by atoms with E-state index in [1.54, 1.807) is 6.33 Å². The molecule has 1 heterocycles. The highest BCUT2D eigenvalue weighted by molar-refractivity contribution is 9.10. The number of hydrogen-bond acceptors (Lipinski definition) is 3. The molecule has 0 aliphatic carbocycles. The SMILES string of the molecule is CCCNc1ncnc2ccc(Br)cc12. The van der Waals surface area contributed by atoms with Gasteiger partial charge in [-0.1, -0.05) is 22.9 Å². The van der Waals surface area contributed by atoms with Crippen molar-refractivity contribution < 1.29 is 0 Å². The van der Waals surface area contributed by atoms with E-state index in [1.807, 2.05) is 18.2 Å². The molecule has 0 amide bonds. The van der Waals surface area contributed by atoms with Crippen LogP contribution in [0.25, 0.3) is 10.9 Å². The molecule has 0 aliphatic heterocycles. The van der Waals surface area contributed by atoms with Crippen molar-refractivity contribution in [3.05, 3.63) is 29.0 Å². The first-order chi connectivity index (χ1) is 7.31. The molecule has 3 nitrogen and oxygen atoms in total. The smallest absolute Gasteiger partial charge is 0.137 e. The van der Waals surface area contributed by atoms with Crippen LogP contribution in [0, 0.1) is 0 Å². The predicted octanol–water partition coefficient (Wildman–Crippen LogP) is 3.21. The zero-order valence-corrected chi connectivity index (χ0v) is 10.1. The van der Waals surface area contributed by atoms with Crippen LogP contribution in [0.15, 0.2) is 29.0 Å². The van der Waals surface area contributed by atoms with Gasteiger partial charge in [0.1, 0.15) is 12.1 Å². The zero-order valence-electron chi connectivity index (χ0n) is 8.50. The number of aromatic nitrogens is 2. The fourth-order valence-electron chi connectivity index (χ4n) is 1.41.